The van der Waals surface area contributed by atoms with E-state index in [9.17, 15) is 4.79 Å². The maximum absolute atomic E-state index is 12.1. The number of oxazole rings is 1. The van der Waals surface area contributed by atoms with Crippen molar-refractivity contribution in [2.45, 2.75) is 19.5 Å². The minimum absolute atomic E-state index is 0.0546. The molecule has 2 atom stereocenters. The van der Waals surface area contributed by atoms with Gasteiger partial charge >= 0.3 is 0 Å². The van der Waals surface area contributed by atoms with Crippen LogP contribution < -0.4 is 5.32 Å². The van der Waals surface area contributed by atoms with Gasteiger partial charge in [0.25, 0.3) is 0 Å². The van der Waals surface area contributed by atoms with Crippen molar-refractivity contribution < 1.29 is 13.9 Å². The molecule has 23 heavy (non-hydrogen) atoms. The molecule has 2 saturated heterocycles. The Kier molecular flexibility index (Phi) is 3.92. The lowest BCUT2D eigenvalue weighted by Crippen LogP contribution is -2.41. The van der Waals surface area contributed by atoms with Crippen LogP contribution in [0.4, 0.5) is 0 Å². The molecule has 6 nitrogen and oxygen atoms in total. The average Bonchev–Trinajstić information content (AvgIpc) is 3.07. The molecule has 0 aliphatic carbocycles. The van der Waals surface area contributed by atoms with Gasteiger partial charge in [0.05, 0.1) is 35.7 Å². The van der Waals surface area contributed by atoms with Crippen molar-refractivity contribution in [3.8, 4) is 10.8 Å². The fourth-order valence-corrected chi connectivity index (χ4v) is 3.79. The first kappa shape index (κ1) is 14.9. The monoisotopic (exact) mass is 333 g/mol. The summed E-state index contributed by atoms with van der Waals surface area (Å²) in [6, 6.07) is 4.06. The van der Waals surface area contributed by atoms with Crippen molar-refractivity contribution in [3.05, 3.63) is 29.0 Å². The molecule has 1 N–H and O–H groups in total. The molecule has 2 aliphatic heterocycles. The Balaban J connectivity index is 1.53. The quantitative estimate of drug-likeness (QED) is 0.925. The van der Waals surface area contributed by atoms with Crippen LogP contribution in [0.15, 0.2) is 21.9 Å². The van der Waals surface area contributed by atoms with Crippen LogP contribution in [-0.4, -0.2) is 48.1 Å². The van der Waals surface area contributed by atoms with Gasteiger partial charge in [0.15, 0.2) is 0 Å². The molecule has 2 aromatic rings. The fraction of sp³-hybridized carbons (Fsp3) is 0.500. The lowest BCUT2D eigenvalue weighted by Gasteiger charge is -2.26. The lowest BCUT2D eigenvalue weighted by atomic mass is 10.1. The summed E-state index contributed by atoms with van der Waals surface area (Å²) in [4.78, 5) is 20.0. The number of hydrogen-bond acceptors (Lipinski definition) is 6. The fourth-order valence-electron chi connectivity index (χ4n) is 3.14. The molecule has 0 aromatic carbocycles. The number of ether oxygens (including phenoxy) is 1. The summed E-state index contributed by atoms with van der Waals surface area (Å²) in [6.45, 7) is 5.20. The van der Waals surface area contributed by atoms with Crippen molar-refractivity contribution >= 4 is 17.2 Å². The van der Waals surface area contributed by atoms with Gasteiger partial charge in [-0.15, -0.1) is 11.3 Å². The van der Waals surface area contributed by atoms with Gasteiger partial charge in [-0.05, 0) is 18.4 Å². The smallest absolute Gasteiger partial charge is 0.236 e. The largest absolute Gasteiger partial charge is 0.440 e. The summed E-state index contributed by atoms with van der Waals surface area (Å²) in [5.41, 5.74) is 0.946. The van der Waals surface area contributed by atoms with Crippen LogP contribution in [0.25, 0.3) is 10.8 Å². The van der Waals surface area contributed by atoms with Gasteiger partial charge in [0, 0.05) is 19.6 Å². The molecule has 7 heteroatoms. The molecule has 0 saturated carbocycles. The summed E-state index contributed by atoms with van der Waals surface area (Å²) >= 11 is 1.62. The van der Waals surface area contributed by atoms with Gasteiger partial charge in [0.1, 0.15) is 5.76 Å². The van der Waals surface area contributed by atoms with Gasteiger partial charge in [-0.1, -0.05) is 6.07 Å². The van der Waals surface area contributed by atoms with Crippen LogP contribution in [0.3, 0.4) is 0 Å². The molecule has 0 unspecified atom stereocenters. The van der Waals surface area contributed by atoms with Crippen LogP contribution in [-0.2, 0) is 16.1 Å². The average molecular weight is 333 g/mol. The highest BCUT2D eigenvalue weighted by Gasteiger charge is 2.33. The first-order chi connectivity index (χ1) is 11.2. The number of thiophene rings is 1. The molecule has 0 spiro atoms. The van der Waals surface area contributed by atoms with Crippen molar-refractivity contribution in [3.63, 3.8) is 0 Å². The number of carbonyl (C=O) groups excluding carboxylic acids is 1. The number of fused-ring (bicyclic) bond motifs is 3. The van der Waals surface area contributed by atoms with Crippen LogP contribution in [0.2, 0.25) is 0 Å². The topological polar surface area (TPSA) is 67.6 Å². The third-order valence-corrected chi connectivity index (χ3v) is 5.17. The first-order valence-corrected chi connectivity index (χ1v) is 8.67. The van der Waals surface area contributed by atoms with Gasteiger partial charge in [-0.25, -0.2) is 4.98 Å². The van der Waals surface area contributed by atoms with Crippen LogP contribution in [0, 0.1) is 12.8 Å². The zero-order valence-electron chi connectivity index (χ0n) is 12.9. The number of carbonyl (C=O) groups is 1. The van der Waals surface area contributed by atoms with E-state index in [-0.39, 0.29) is 17.9 Å². The van der Waals surface area contributed by atoms with Crippen LogP contribution in [0.5, 0.6) is 0 Å². The maximum Gasteiger partial charge on any atom is 0.236 e. The number of amides is 1. The van der Waals surface area contributed by atoms with Gasteiger partial charge in [-0.3, -0.25) is 9.69 Å². The molecular weight excluding hydrogens is 314 g/mol. The number of aryl methyl sites for hydroxylation is 1. The second kappa shape index (κ2) is 6.07. The molecule has 4 heterocycles. The van der Waals surface area contributed by atoms with E-state index in [0.29, 0.717) is 32.2 Å². The van der Waals surface area contributed by atoms with E-state index in [0.717, 1.165) is 22.9 Å². The Hall–Kier alpha value is -1.70. The highest BCUT2D eigenvalue weighted by atomic mass is 32.1. The lowest BCUT2D eigenvalue weighted by molar-refractivity contribution is -0.125. The Labute approximate surface area is 138 Å². The van der Waals surface area contributed by atoms with Crippen molar-refractivity contribution in [1.82, 2.24) is 15.2 Å². The van der Waals surface area contributed by atoms with Crippen molar-refractivity contribution in [2.24, 2.45) is 5.92 Å². The van der Waals surface area contributed by atoms with E-state index in [2.05, 4.69) is 15.2 Å². The third kappa shape index (κ3) is 3.04. The van der Waals surface area contributed by atoms with E-state index in [1.807, 2.05) is 24.4 Å². The predicted octanol–water partition coefficient (Wildman–Crippen LogP) is 1.66. The second-order valence-electron chi connectivity index (χ2n) is 6.13. The van der Waals surface area contributed by atoms with E-state index >= 15 is 0 Å². The van der Waals surface area contributed by atoms with Crippen molar-refractivity contribution in [1.29, 1.82) is 0 Å². The Morgan fingerprint density at radius 1 is 1.43 bits per heavy atom. The van der Waals surface area contributed by atoms with Gasteiger partial charge in [-0.2, -0.15) is 0 Å². The van der Waals surface area contributed by atoms with Gasteiger partial charge < -0.3 is 14.5 Å². The van der Waals surface area contributed by atoms with E-state index in [1.165, 1.54) is 0 Å². The van der Waals surface area contributed by atoms with E-state index in [4.69, 9.17) is 9.15 Å². The Morgan fingerprint density at radius 3 is 3.17 bits per heavy atom. The van der Waals surface area contributed by atoms with E-state index < -0.39 is 0 Å². The molecule has 2 aromatic heterocycles. The highest BCUT2D eigenvalue weighted by molar-refractivity contribution is 7.13. The van der Waals surface area contributed by atoms with Crippen LogP contribution in [0.1, 0.15) is 11.5 Å². The van der Waals surface area contributed by atoms with Gasteiger partial charge in [0.2, 0.25) is 11.8 Å². The highest BCUT2D eigenvalue weighted by Crippen LogP contribution is 2.27. The molecular formula is C16H19N3O3S. The Morgan fingerprint density at radius 2 is 2.35 bits per heavy atom. The number of nitrogens with zero attached hydrogens (tertiary/aromatic N) is 2. The number of rotatable bonds is 3. The molecule has 2 bridgehead atoms. The number of nitrogens with one attached hydrogen (secondary N) is 1. The summed E-state index contributed by atoms with van der Waals surface area (Å²) in [5.74, 6) is 1.52. The number of aromatic nitrogens is 1. The molecule has 2 fully saturated rings. The minimum atomic E-state index is -0.105. The second-order valence-corrected chi connectivity index (χ2v) is 7.08. The Bertz CT molecular complexity index is 697. The standard InChI is InChI=1S/C16H19N3O3S/c1-10-13(18-16(22-10)14-3-2-4-23-14)7-19-5-11-8-21-9-12(6-19)17-15(11)20/h2-4,11-12H,5-9H2,1H3,(H,17,20)/t11-,12+/m1/s1. The summed E-state index contributed by atoms with van der Waals surface area (Å²) in [6.07, 6.45) is 0. The number of hydrogen-bond donors (Lipinski definition) is 1. The molecule has 1 amide bonds. The molecule has 2 aliphatic rings. The zero-order chi connectivity index (χ0) is 15.8. The van der Waals surface area contributed by atoms with Crippen LogP contribution >= 0.6 is 11.3 Å². The summed E-state index contributed by atoms with van der Waals surface area (Å²) in [7, 11) is 0. The summed E-state index contributed by atoms with van der Waals surface area (Å²) < 4.78 is 11.4. The SMILES string of the molecule is Cc1oc(-c2cccs2)nc1CN1C[C@H]2COC[C@@H](C1)C(=O)N2. The van der Waals surface area contributed by atoms with E-state index in [1.54, 1.807) is 11.3 Å². The predicted molar refractivity (Wildman–Crippen MR) is 86.1 cm³/mol. The zero-order valence-corrected chi connectivity index (χ0v) is 13.8. The van der Waals surface area contributed by atoms with Crippen molar-refractivity contribution in [2.75, 3.05) is 26.3 Å². The maximum atomic E-state index is 12.1. The molecule has 122 valence electrons. The molecule has 0 radical (unpaired) electrons. The first-order valence-electron chi connectivity index (χ1n) is 7.79. The molecule has 4 rings (SSSR count). The third-order valence-electron chi connectivity index (χ3n) is 4.31. The normalized spacial score (nSPS) is 25.2. The minimum Gasteiger partial charge on any atom is -0.440 e. The summed E-state index contributed by atoms with van der Waals surface area (Å²) in [5, 5.41) is 5.07.